The SMILES string of the molecule is COc1ccc(C2N(C(=O)CSc3ccccn3)CCN2S(=O)(=O)c2ccc(C)cc2)cc1. The number of methoxy groups -OCH3 is 1. The maximum atomic E-state index is 13.5. The molecule has 0 N–H and O–H groups in total. The maximum absolute atomic E-state index is 13.5. The molecule has 1 atom stereocenters. The van der Waals surface area contributed by atoms with Crippen LogP contribution in [-0.2, 0) is 14.8 Å². The van der Waals surface area contributed by atoms with Gasteiger partial charge in [-0.25, -0.2) is 13.4 Å². The summed E-state index contributed by atoms with van der Waals surface area (Å²) in [5.41, 5.74) is 1.69. The van der Waals surface area contributed by atoms with E-state index in [0.717, 1.165) is 10.6 Å². The van der Waals surface area contributed by atoms with Crippen LogP contribution in [0.1, 0.15) is 17.3 Å². The first-order chi connectivity index (χ1) is 15.9. The molecule has 33 heavy (non-hydrogen) atoms. The Labute approximate surface area is 198 Å². The minimum absolute atomic E-state index is 0.145. The number of aryl methyl sites for hydroxylation is 1. The van der Waals surface area contributed by atoms with Gasteiger partial charge in [0.05, 0.1) is 22.8 Å². The summed E-state index contributed by atoms with van der Waals surface area (Å²) in [6.45, 7) is 2.43. The molecule has 0 saturated carbocycles. The molecule has 1 saturated heterocycles. The highest BCUT2D eigenvalue weighted by Gasteiger charge is 2.43. The summed E-state index contributed by atoms with van der Waals surface area (Å²) < 4.78 is 33.7. The fraction of sp³-hybridized carbons (Fsp3) is 0.250. The quantitative estimate of drug-likeness (QED) is 0.477. The van der Waals surface area contributed by atoms with E-state index in [1.807, 2.05) is 25.1 Å². The van der Waals surface area contributed by atoms with Gasteiger partial charge < -0.3 is 9.64 Å². The lowest BCUT2D eigenvalue weighted by molar-refractivity contribution is -0.130. The van der Waals surface area contributed by atoms with E-state index in [1.54, 1.807) is 66.7 Å². The molecule has 1 unspecified atom stereocenters. The standard InChI is InChI=1S/C24H25N3O4S2/c1-18-6-12-21(13-7-18)33(29,30)27-16-15-26(23(28)17-32-22-5-3-4-14-25-22)24(27)19-8-10-20(31-2)11-9-19/h3-14,24H,15-17H2,1-2H3. The van der Waals surface area contributed by atoms with Crippen LogP contribution in [0, 0.1) is 6.92 Å². The van der Waals surface area contributed by atoms with Gasteiger partial charge in [-0.05, 0) is 48.9 Å². The van der Waals surface area contributed by atoms with Crippen molar-refractivity contribution in [3.05, 3.63) is 84.1 Å². The number of hydrogen-bond donors (Lipinski definition) is 0. The van der Waals surface area contributed by atoms with E-state index in [0.29, 0.717) is 17.9 Å². The normalized spacial score (nSPS) is 16.7. The first-order valence-electron chi connectivity index (χ1n) is 10.5. The van der Waals surface area contributed by atoms with Crippen LogP contribution in [0.3, 0.4) is 0 Å². The number of nitrogens with zero attached hydrogens (tertiary/aromatic N) is 3. The highest BCUT2D eigenvalue weighted by atomic mass is 32.2. The Hall–Kier alpha value is -2.88. The first-order valence-corrected chi connectivity index (χ1v) is 12.9. The van der Waals surface area contributed by atoms with Gasteiger partial charge in [0, 0.05) is 19.3 Å². The monoisotopic (exact) mass is 483 g/mol. The predicted octanol–water partition coefficient (Wildman–Crippen LogP) is 3.72. The molecular formula is C24H25N3O4S2. The number of pyridine rings is 1. The molecule has 2 heterocycles. The lowest BCUT2D eigenvalue weighted by Gasteiger charge is -2.30. The van der Waals surface area contributed by atoms with Crippen molar-refractivity contribution in [1.29, 1.82) is 0 Å². The number of carbonyl (C=O) groups excluding carboxylic acids is 1. The van der Waals surface area contributed by atoms with Crippen LogP contribution in [0.4, 0.5) is 0 Å². The van der Waals surface area contributed by atoms with Gasteiger partial charge in [-0.2, -0.15) is 4.31 Å². The van der Waals surface area contributed by atoms with Crippen molar-refractivity contribution in [1.82, 2.24) is 14.2 Å². The molecule has 1 fully saturated rings. The number of sulfonamides is 1. The topological polar surface area (TPSA) is 79.8 Å². The molecular weight excluding hydrogens is 458 g/mol. The Kier molecular flexibility index (Phi) is 7.02. The van der Waals surface area contributed by atoms with E-state index >= 15 is 0 Å². The summed E-state index contributed by atoms with van der Waals surface area (Å²) >= 11 is 1.34. The van der Waals surface area contributed by atoms with E-state index in [9.17, 15) is 13.2 Å². The van der Waals surface area contributed by atoms with E-state index < -0.39 is 16.2 Å². The van der Waals surface area contributed by atoms with E-state index in [2.05, 4.69) is 4.98 Å². The molecule has 172 valence electrons. The molecule has 1 aromatic heterocycles. The van der Waals surface area contributed by atoms with Gasteiger partial charge in [-0.1, -0.05) is 47.7 Å². The Morgan fingerprint density at radius 2 is 1.79 bits per heavy atom. The number of aromatic nitrogens is 1. The summed E-state index contributed by atoms with van der Waals surface area (Å²) in [5, 5.41) is 0.746. The number of rotatable bonds is 7. The van der Waals surface area contributed by atoms with Gasteiger partial charge in [0.15, 0.2) is 0 Å². The molecule has 3 aromatic rings. The lowest BCUT2D eigenvalue weighted by Crippen LogP contribution is -2.38. The van der Waals surface area contributed by atoms with Crippen LogP contribution < -0.4 is 4.74 Å². The fourth-order valence-electron chi connectivity index (χ4n) is 3.74. The van der Waals surface area contributed by atoms with Gasteiger partial charge in [0.1, 0.15) is 11.9 Å². The zero-order valence-electron chi connectivity index (χ0n) is 18.4. The second kappa shape index (κ2) is 9.94. The second-order valence-corrected chi connectivity index (χ2v) is 10.5. The number of benzene rings is 2. The van der Waals surface area contributed by atoms with Crippen LogP contribution in [0.25, 0.3) is 0 Å². The van der Waals surface area contributed by atoms with Crippen LogP contribution in [0.5, 0.6) is 5.75 Å². The number of hydrogen-bond acceptors (Lipinski definition) is 6. The summed E-state index contributed by atoms with van der Waals surface area (Å²) in [6.07, 6.45) is 0.942. The van der Waals surface area contributed by atoms with Crippen LogP contribution in [0.2, 0.25) is 0 Å². The van der Waals surface area contributed by atoms with Gasteiger partial charge >= 0.3 is 0 Å². The van der Waals surface area contributed by atoms with Gasteiger partial charge in [0.25, 0.3) is 0 Å². The lowest BCUT2D eigenvalue weighted by atomic mass is 10.1. The molecule has 1 aliphatic rings. The molecule has 2 aromatic carbocycles. The van der Waals surface area contributed by atoms with Crippen molar-refractivity contribution in [3.63, 3.8) is 0 Å². The molecule has 9 heteroatoms. The third-order valence-corrected chi connectivity index (χ3v) is 8.27. The average molecular weight is 484 g/mol. The van der Waals surface area contributed by atoms with Gasteiger partial charge in [0.2, 0.25) is 15.9 Å². The number of ether oxygens (including phenoxy) is 1. The van der Waals surface area contributed by atoms with Crippen molar-refractivity contribution < 1.29 is 17.9 Å². The van der Waals surface area contributed by atoms with Crippen LogP contribution >= 0.6 is 11.8 Å². The molecule has 0 spiro atoms. The van der Waals surface area contributed by atoms with Crippen molar-refractivity contribution >= 4 is 27.7 Å². The Bertz CT molecular complexity index is 1200. The zero-order chi connectivity index (χ0) is 23.4. The summed E-state index contributed by atoms with van der Waals surface area (Å²) in [6, 6.07) is 19.5. The van der Waals surface area contributed by atoms with Crippen LogP contribution in [0.15, 0.2) is 82.8 Å². The van der Waals surface area contributed by atoms with Crippen molar-refractivity contribution in [2.45, 2.75) is 23.0 Å². The maximum Gasteiger partial charge on any atom is 0.245 e. The minimum Gasteiger partial charge on any atom is -0.497 e. The van der Waals surface area contributed by atoms with Crippen LogP contribution in [-0.4, -0.2) is 54.5 Å². The molecule has 0 radical (unpaired) electrons. The fourth-order valence-corrected chi connectivity index (χ4v) is 6.06. The highest BCUT2D eigenvalue weighted by Crippen LogP contribution is 2.36. The largest absolute Gasteiger partial charge is 0.497 e. The van der Waals surface area contributed by atoms with E-state index in [1.165, 1.54) is 16.1 Å². The second-order valence-electron chi connectivity index (χ2n) is 7.62. The molecule has 1 amide bonds. The number of thioether (sulfide) groups is 1. The smallest absolute Gasteiger partial charge is 0.245 e. The highest BCUT2D eigenvalue weighted by molar-refractivity contribution is 7.99. The zero-order valence-corrected chi connectivity index (χ0v) is 20.1. The van der Waals surface area contributed by atoms with E-state index in [-0.39, 0.29) is 23.1 Å². The molecule has 4 rings (SSSR count). The Balaban J connectivity index is 1.65. The minimum atomic E-state index is -3.81. The average Bonchev–Trinajstić information content (AvgIpc) is 3.30. The number of carbonyl (C=O) groups is 1. The van der Waals surface area contributed by atoms with Gasteiger partial charge in [-0.3, -0.25) is 4.79 Å². The Morgan fingerprint density at radius 1 is 1.06 bits per heavy atom. The van der Waals surface area contributed by atoms with E-state index in [4.69, 9.17) is 4.74 Å². The molecule has 0 aliphatic carbocycles. The Morgan fingerprint density at radius 3 is 2.42 bits per heavy atom. The number of amides is 1. The molecule has 1 aliphatic heterocycles. The van der Waals surface area contributed by atoms with Crippen molar-refractivity contribution in [2.24, 2.45) is 0 Å². The first kappa shape index (κ1) is 23.3. The molecule has 0 bridgehead atoms. The summed E-state index contributed by atoms with van der Waals surface area (Å²) in [7, 11) is -2.24. The summed E-state index contributed by atoms with van der Waals surface area (Å²) in [4.78, 5) is 19.3. The van der Waals surface area contributed by atoms with Crippen molar-refractivity contribution in [2.75, 3.05) is 26.0 Å². The predicted molar refractivity (Wildman–Crippen MR) is 127 cm³/mol. The third kappa shape index (κ3) is 5.05. The third-order valence-electron chi connectivity index (χ3n) is 5.47. The summed E-state index contributed by atoms with van der Waals surface area (Å²) in [5.74, 6) is 0.684. The molecule has 7 nitrogen and oxygen atoms in total. The van der Waals surface area contributed by atoms with Crippen molar-refractivity contribution in [3.8, 4) is 5.75 Å². The van der Waals surface area contributed by atoms with Gasteiger partial charge in [-0.15, -0.1) is 0 Å².